The highest BCUT2D eigenvalue weighted by molar-refractivity contribution is 7.99. The molecule has 116 valence electrons. The molecule has 2 N–H and O–H groups in total. The Morgan fingerprint density at radius 1 is 1.32 bits per heavy atom. The second-order valence-corrected chi connectivity index (χ2v) is 5.60. The van der Waals surface area contributed by atoms with Gasteiger partial charge in [0.2, 0.25) is 5.89 Å². The zero-order chi connectivity index (χ0) is 15.9. The van der Waals surface area contributed by atoms with E-state index in [1.165, 1.54) is 11.8 Å². The molecule has 0 atom stereocenters. The molecule has 7 heteroatoms. The van der Waals surface area contributed by atoms with Gasteiger partial charge in [-0.25, -0.2) is 4.98 Å². The summed E-state index contributed by atoms with van der Waals surface area (Å²) in [5.41, 5.74) is 1.06. The van der Waals surface area contributed by atoms with E-state index >= 15 is 0 Å². The van der Waals surface area contributed by atoms with E-state index in [2.05, 4.69) is 10.3 Å². The van der Waals surface area contributed by atoms with Gasteiger partial charge in [0, 0.05) is 17.9 Å². The Labute approximate surface area is 131 Å². The smallest absolute Gasteiger partial charge is 0.313 e. The van der Waals surface area contributed by atoms with Gasteiger partial charge in [0.15, 0.2) is 5.69 Å². The van der Waals surface area contributed by atoms with Crippen LogP contribution in [0.5, 0.6) is 0 Å². The molecular weight excluding hydrogens is 304 g/mol. The average molecular weight is 320 g/mol. The van der Waals surface area contributed by atoms with Crippen LogP contribution in [0.1, 0.15) is 16.2 Å². The van der Waals surface area contributed by atoms with Gasteiger partial charge in [0.1, 0.15) is 5.76 Å². The average Bonchev–Trinajstić information content (AvgIpc) is 2.89. The van der Waals surface area contributed by atoms with Crippen LogP contribution in [-0.4, -0.2) is 40.0 Å². The lowest BCUT2D eigenvalue weighted by Gasteiger charge is -2.02. The third-order valence-corrected chi connectivity index (χ3v) is 3.73. The van der Waals surface area contributed by atoms with E-state index in [1.54, 1.807) is 6.92 Å². The van der Waals surface area contributed by atoms with Crippen LogP contribution in [0.2, 0.25) is 0 Å². The second kappa shape index (κ2) is 7.65. The molecule has 2 rings (SSSR count). The minimum Gasteiger partial charge on any atom is -0.481 e. The minimum atomic E-state index is -0.865. The molecule has 1 aromatic heterocycles. The second-order valence-electron chi connectivity index (χ2n) is 4.49. The monoisotopic (exact) mass is 320 g/mol. The summed E-state index contributed by atoms with van der Waals surface area (Å²) in [5, 5.41) is 11.2. The Kier molecular flexibility index (Phi) is 5.60. The summed E-state index contributed by atoms with van der Waals surface area (Å²) >= 11 is 1.25. The maximum absolute atomic E-state index is 12.0. The molecule has 0 bridgehead atoms. The molecule has 0 aliphatic rings. The third-order valence-electron chi connectivity index (χ3n) is 2.79. The Hall–Kier alpha value is -2.28. The predicted octanol–water partition coefficient (Wildman–Crippen LogP) is 2.20. The first-order chi connectivity index (χ1) is 10.6. The molecule has 0 saturated heterocycles. The summed E-state index contributed by atoms with van der Waals surface area (Å²) in [4.78, 5) is 26.6. The number of aryl methyl sites for hydroxylation is 1. The van der Waals surface area contributed by atoms with Gasteiger partial charge in [-0.15, -0.1) is 11.8 Å². The Bertz CT molecular complexity index is 655. The molecular formula is C15H16N2O4S. The number of thioether (sulfide) groups is 1. The number of benzene rings is 1. The molecule has 6 nitrogen and oxygen atoms in total. The Morgan fingerprint density at radius 3 is 2.73 bits per heavy atom. The number of carboxylic acids is 1. The first-order valence-corrected chi connectivity index (χ1v) is 7.84. The van der Waals surface area contributed by atoms with Gasteiger partial charge < -0.3 is 14.8 Å². The summed E-state index contributed by atoms with van der Waals surface area (Å²) in [6, 6.07) is 9.34. The zero-order valence-corrected chi connectivity index (χ0v) is 12.9. The van der Waals surface area contributed by atoms with E-state index in [0.29, 0.717) is 23.9 Å². The quantitative estimate of drug-likeness (QED) is 0.760. The van der Waals surface area contributed by atoms with Crippen LogP contribution >= 0.6 is 11.8 Å². The number of aliphatic carboxylic acids is 1. The molecule has 0 saturated carbocycles. The predicted molar refractivity (Wildman–Crippen MR) is 84.0 cm³/mol. The van der Waals surface area contributed by atoms with Crippen LogP contribution in [0.25, 0.3) is 11.5 Å². The fraction of sp³-hybridized carbons (Fsp3) is 0.267. The highest BCUT2D eigenvalue weighted by Crippen LogP contribution is 2.21. The normalized spacial score (nSPS) is 10.4. The largest absolute Gasteiger partial charge is 0.481 e. The number of hydrogen-bond donors (Lipinski definition) is 2. The van der Waals surface area contributed by atoms with Crippen molar-refractivity contribution in [2.75, 3.05) is 18.1 Å². The van der Waals surface area contributed by atoms with Crippen molar-refractivity contribution >= 4 is 23.6 Å². The fourth-order valence-electron chi connectivity index (χ4n) is 1.79. The molecule has 2 aromatic rings. The fourth-order valence-corrected chi connectivity index (χ4v) is 2.36. The molecule has 0 aliphatic carbocycles. The summed E-state index contributed by atoms with van der Waals surface area (Å²) in [7, 11) is 0. The molecule has 1 aromatic carbocycles. The molecule has 0 radical (unpaired) electrons. The van der Waals surface area contributed by atoms with Gasteiger partial charge >= 0.3 is 5.97 Å². The molecule has 1 heterocycles. The van der Waals surface area contributed by atoms with Gasteiger partial charge in [0.25, 0.3) is 5.91 Å². The number of carboxylic acid groups (broad SMARTS) is 1. The molecule has 0 spiro atoms. The van der Waals surface area contributed by atoms with E-state index in [4.69, 9.17) is 9.52 Å². The van der Waals surface area contributed by atoms with E-state index < -0.39 is 5.97 Å². The zero-order valence-electron chi connectivity index (χ0n) is 12.0. The summed E-state index contributed by atoms with van der Waals surface area (Å²) in [6.07, 6.45) is 0. The van der Waals surface area contributed by atoms with Crippen LogP contribution in [-0.2, 0) is 4.79 Å². The van der Waals surface area contributed by atoms with Crippen molar-refractivity contribution in [1.29, 1.82) is 0 Å². The van der Waals surface area contributed by atoms with Crippen molar-refractivity contribution < 1.29 is 19.1 Å². The number of carbonyl (C=O) groups is 2. The van der Waals surface area contributed by atoms with Crippen LogP contribution < -0.4 is 5.32 Å². The van der Waals surface area contributed by atoms with E-state index in [-0.39, 0.29) is 17.4 Å². The Morgan fingerprint density at radius 2 is 2.05 bits per heavy atom. The molecule has 0 fully saturated rings. The first kappa shape index (κ1) is 16.1. The van der Waals surface area contributed by atoms with Gasteiger partial charge in [-0.3, -0.25) is 9.59 Å². The highest BCUT2D eigenvalue weighted by Gasteiger charge is 2.17. The van der Waals surface area contributed by atoms with E-state index in [9.17, 15) is 9.59 Å². The number of oxazole rings is 1. The van der Waals surface area contributed by atoms with Crippen molar-refractivity contribution in [3.63, 3.8) is 0 Å². The van der Waals surface area contributed by atoms with Gasteiger partial charge in [-0.1, -0.05) is 18.2 Å². The van der Waals surface area contributed by atoms with Crippen molar-refractivity contribution in [2.24, 2.45) is 0 Å². The van der Waals surface area contributed by atoms with Crippen LogP contribution in [0.15, 0.2) is 34.7 Å². The topological polar surface area (TPSA) is 92.4 Å². The number of aromatic nitrogens is 1. The lowest BCUT2D eigenvalue weighted by molar-refractivity contribution is -0.133. The van der Waals surface area contributed by atoms with Crippen molar-refractivity contribution in [3.05, 3.63) is 41.8 Å². The number of carbonyl (C=O) groups excluding carboxylic acids is 1. The summed E-state index contributed by atoms with van der Waals surface area (Å²) in [6.45, 7) is 2.07. The first-order valence-electron chi connectivity index (χ1n) is 6.68. The third kappa shape index (κ3) is 4.36. The molecule has 22 heavy (non-hydrogen) atoms. The van der Waals surface area contributed by atoms with Gasteiger partial charge in [-0.05, 0) is 19.1 Å². The summed E-state index contributed by atoms with van der Waals surface area (Å²) in [5.74, 6) is 0.228. The van der Waals surface area contributed by atoms with Crippen molar-refractivity contribution in [3.8, 4) is 11.5 Å². The molecule has 0 aliphatic heterocycles. The number of nitrogens with one attached hydrogen (secondary N) is 1. The highest BCUT2D eigenvalue weighted by atomic mass is 32.2. The molecule has 1 amide bonds. The number of amides is 1. The van der Waals surface area contributed by atoms with Crippen molar-refractivity contribution in [2.45, 2.75) is 6.92 Å². The number of hydrogen-bond acceptors (Lipinski definition) is 5. The number of nitrogens with zero attached hydrogens (tertiary/aromatic N) is 1. The maximum Gasteiger partial charge on any atom is 0.313 e. The molecule has 0 unspecified atom stereocenters. The lowest BCUT2D eigenvalue weighted by atomic mass is 10.2. The van der Waals surface area contributed by atoms with E-state index in [1.807, 2.05) is 30.3 Å². The summed E-state index contributed by atoms with van der Waals surface area (Å²) < 4.78 is 5.53. The van der Waals surface area contributed by atoms with Crippen LogP contribution in [0.4, 0.5) is 0 Å². The van der Waals surface area contributed by atoms with Gasteiger partial charge in [-0.2, -0.15) is 0 Å². The number of rotatable bonds is 7. The Balaban J connectivity index is 1.93. The lowest BCUT2D eigenvalue weighted by Crippen LogP contribution is -2.26. The van der Waals surface area contributed by atoms with E-state index in [0.717, 1.165) is 5.56 Å². The minimum absolute atomic E-state index is 0.0248. The SMILES string of the molecule is Cc1oc(-c2ccccc2)nc1C(=O)NCCSCC(=O)O. The van der Waals surface area contributed by atoms with Crippen LogP contribution in [0, 0.1) is 6.92 Å². The van der Waals surface area contributed by atoms with Crippen molar-refractivity contribution in [1.82, 2.24) is 10.3 Å². The standard InChI is InChI=1S/C15H16N2O4S/c1-10-13(14(20)16-7-8-22-9-12(18)19)17-15(21-10)11-5-3-2-4-6-11/h2-6H,7-9H2,1H3,(H,16,20)(H,18,19). The maximum atomic E-state index is 12.0. The van der Waals surface area contributed by atoms with Crippen LogP contribution in [0.3, 0.4) is 0 Å². The van der Waals surface area contributed by atoms with Gasteiger partial charge in [0.05, 0.1) is 5.75 Å².